The molecule has 0 radical (unpaired) electrons. The van der Waals surface area contributed by atoms with E-state index in [0.717, 1.165) is 12.8 Å². The smallest absolute Gasteiger partial charge is 0.203 e. The quantitative estimate of drug-likeness (QED) is 0.921. The average molecular weight is 285 g/mol. The average Bonchev–Trinajstić information content (AvgIpc) is 2.84. The fourth-order valence-electron chi connectivity index (χ4n) is 2.45. The SMILES string of the molecule is NCC1(c2nc3cc(F)cc(Cl)c3o2)CCOCC1. The second kappa shape index (κ2) is 4.74. The van der Waals surface area contributed by atoms with E-state index in [1.54, 1.807) is 0 Å². The van der Waals surface area contributed by atoms with Gasteiger partial charge in [-0.3, -0.25) is 0 Å². The van der Waals surface area contributed by atoms with Gasteiger partial charge >= 0.3 is 0 Å². The number of hydrogen-bond donors (Lipinski definition) is 1. The molecule has 4 nitrogen and oxygen atoms in total. The third-order valence-corrected chi connectivity index (χ3v) is 3.98. The minimum absolute atomic E-state index is 0.230. The molecule has 2 heterocycles. The molecule has 2 N–H and O–H groups in total. The van der Waals surface area contributed by atoms with Gasteiger partial charge < -0.3 is 14.9 Å². The van der Waals surface area contributed by atoms with Crippen LogP contribution in [-0.4, -0.2) is 24.7 Å². The first-order valence-electron chi connectivity index (χ1n) is 6.18. The van der Waals surface area contributed by atoms with E-state index in [-0.39, 0.29) is 10.4 Å². The van der Waals surface area contributed by atoms with Gasteiger partial charge in [-0.25, -0.2) is 9.37 Å². The summed E-state index contributed by atoms with van der Waals surface area (Å²) in [5.41, 5.74) is 6.41. The lowest BCUT2D eigenvalue weighted by Gasteiger charge is -2.32. The van der Waals surface area contributed by atoms with Crippen molar-refractivity contribution in [1.29, 1.82) is 0 Å². The molecular weight excluding hydrogens is 271 g/mol. The summed E-state index contributed by atoms with van der Waals surface area (Å²) in [5, 5.41) is 0.230. The van der Waals surface area contributed by atoms with Crippen molar-refractivity contribution in [1.82, 2.24) is 4.98 Å². The Morgan fingerprint density at radius 1 is 1.37 bits per heavy atom. The van der Waals surface area contributed by atoms with Crippen LogP contribution in [-0.2, 0) is 10.2 Å². The molecule has 1 saturated heterocycles. The number of nitrogens with zero attached hydrogens (tertiary/aromatic N) is 1. The van der Waals surface area contributed by atoms with Gasteiger partial charge in [0.25, 0.3) is 0 Å². The molecule has 2 aromatic rings. The summed E-state index contributed by atoms with van der Waals surface area (Å²) in [6.45, 7) is 1.67. The monoisotopic (exact) mass is 284 g/mol. The van der Waals surface area contributed by atoms with Crippen LogP contribution in [0, 0.1) is 5.82 Å². The number of halogens is 2. The van der Waals surface area contributed by atoms with E-state index in [1.807, 2.05) is 0 Å². The molecule has 1 aromatic carbocycles. The van der Waals surface area contributed by atoms with E-state index in [0.29, 0.717) is 36.7 Å². The summed E-state index contributed by atoms with van der Waals surface area (Å²) >= 11 is 5.97. The summed E-state index contributed by atoms with van der Waals surface area (Å²) in [4.78, 5) is 4.37. The molecule has 1 aliphatic rings. The predicted molar refractivity (Wildman–Crippen MR) is 69.8 cm³/mol. The van der Waals surface area contributed by atoms with Gasteiger partial charge in [0.1, 0.15) is 11.3 Å². The Hall–Kier alpha value is -1.17. The van der Waals surface area contributed by atoms with Gasteiger partial charge in [0, 0.05) is 25.8 Å². The highest BCUT2D eigenvalue weighted by Gasteiger charge is 2.38. The molecule has 1 fully saturated rings. The molecule has 1 aromatic heterocycles. The number of rotatable bonds is 2. The number of aromatic nitrogens is 1. The number of benzene rings is 1. The predicted octanol–water partition coefficient (Wildman–Crippen LogP) is 2.63. The molecule has 1 aliphatic heterocycles. The van der Waals surface area contributed by atoms with Crippen LogP contribution in [0.25, 0.3) is 11.1 Å². The van der Waals surface area contributed by atoms with Crippen LogP contribution >= 0.6 is 11.6 Å². The number of oxazole rings is 1. The number of hydrogen-bond acceptors (Lipinski definition) is 4. The zero-order valence-electron chi connectivity index (χ0n) is 10.3. The van der Waals surface area contributed by atoms with Gasteiger partial charge in [-0.05, 0) is 18.9 Å². The minimum Gasteiger partial charge on any atom is -0.438 e. The highest BCUT2D eigenvalue weighted by atomic mass is 35.5. The van der Waals surface area contributed by atoms with Crippen molar-refractivity contribution in [2.75, 3.05) is 19.8 Å². The van der Waals surface area contributed by atoms with Crippen molar-refractivity contribution in [2.45, 2.75) is 18.3 Å². The number of nitrogens with two attached hydrogens (primary N) is 1. The maximum absolute atomic E-state index is 13.3. The van der Waals surface area contributed by atoms with Gasteiger partial charge in [-0.2, -0.15) is 0 Å². The Morgan fingerprint density at radius 2 is 2.11 bits per heavy atom. The minimum atomic E-state index is -0.425. The van der Waals surface area contributed by atoms with Crippen LogP contribution in [0.3, 0.4) is 0 Å². The first kappa shape index (κ1) is 12.8. The highest BCUT2D eigenvalue weighted by Crippen LogP contribution is 2.36. The fourth-order valence-corrected chi connectivity index (χ4v) is 2.69. The lowest BCUT2D eigenvalue weighted by molar-refractivity contribution is 0.0438. The first-order valence-corrected chi connectivity index (χ1v) is 6.56. The van der Waals surface area contributed by atoms with E-state index >= 15 is 0 Å². The molecule has 0 saturated carbocycles. The lowest BCUT2D eigenvalue weighted by atomic mass is 9.80. The zero-order valence-corrected chi connectivity index (χ0v) is 11.0. The van der Waals surface area contributed by atoms with Gasteiger partial charge in [-0.1, -0.05) is 11.6 Å². The van der Waals surface area contributed by atoms with E-state index in [1.165, 1.54) is 12.1 Å². The van der Waals surface area contributed by atoms with Gasteiger partial charge in [-0.15, -0.1) is 0 Å². The molecule has 0 spiro atoms. The summed E-state index contributed by atoms with van der Waals surface area (Å²) in [7, 11) is 0. The number of ether oxygens (including phenoxy) is 1. The Balaban J connectivity index is 2.11. The second-order valence-corrected chi connectivity index (χ2v) is 5.26. The van der Waals surface area contributed by atoms with Crippen LogP contribution in [0.5, 0.6) is 0 Å². The van der Waals surface area contributed by atoms with Crippen molar-refractivity contribution in [3.63, 3.8) is 0 Å². The molecule has 3 rings (SSSR count). The molecule has 0 atom stereocenters. The van der Waals surface area contributed by atoms with Crippen LogP contribution in [0.1, 0.15) is 18.7 Å². The van der Waals surface area contributed by atoms with Gasteiger partial charge in [0.05, 0.1) is 10.4 Å². The van der Waals surface area contributed by atoms with E-state index in [9.17, 15) is 4.39 Å². The normalized spacial score (nSPS) is 18.9. The van der Waals surface area contributed by atoms with Crippen molar-refractivity contribution < 1.29 is 13.5 Å². The lowest BCUT2D eigenvalue weighted by Crippen LogP contribution is -2.40. The molecule has 19 heavy (non-hydrogen) atoms. The maximum Gasteiger partial charge on any atom is 0.203 e. The Morgan fingerprint density at radius 3 is 2.79 bits per heavy atom. The van der Waals surface area contributed by atoms with Crippen LogP contribution < -0.4 is 5.73 Å². The fraction of sp³-hybridized carbons (Fsp3) is 0.462. The Labute approximate surface area is 114 Å². The molecule has 102 valence electrons. The first-order chi connectivity index (χ1) is 9.14. The Kier molecular flexibility index (Phi) is 3.20. The van der Waals surface area contributed by atoms with E-state index in [2.05, 4.69) is 4.98 Å². The van der Waals surface area contributed by atoms with Crippen LogP contribution in [0.4, 0.5) is 4.39 Å². The third-order valence-electron chi connectivity index (χ3n) is 3.70. The highest BCUT2D eigenvalue weighted by molar-refractivity contribution is 6.34. The van der Waals surface area contributed by atoms with E-state index < -0.39 is 5.82 Å². The van der Waals surface area contributed by atoms with Crippen molar-refractivity contribution >= 4 is 22.7 Å². The van der Waals surface area contributed by atoms with Crippen LogP contribution in [0.2, 0.25) is 5.02 Å². The Bertz CT molecular complexity index is 608. The molecule has 6 heteroatoms. The molecule has 0 bridgehead atoms. The maximum atomic E-state index is 13.3. The second-order valence-electron chi connectivity index (χ2n) is 4.85. The molecule has 0 amide bonds. The summed E-state index contributed by atoms with van der Waals surface area (Å²) in [5.74, 6) is 0.104. The third kappa shape index (κ3) is 2.12. The zero-order chi connectivity index (χ0) is 13.5. The largest absolute Gasteiger partial charge is 0.438 e. The summed E-state index contributed by atoms with van der Waals surface area (Å²) < 4.78 is 24.4. The molecule has 0 aliphatic carbocycles. The van der Waals surface area contributed by atoms with Crippen molar-refractivity contribution in [2.24, 2.45) is 5.73 Å². The summed E-state index contributed by atoms with van der Waals surface area (Å²) in [6.07, 6.45) is 1.49. The molecular formula is C13H14ClFN2O2. The topological polar surface area (TPSA) is 61.3 Å². The standard InChI is InChI=1S/C13H14ClFN2O2/c14-9-5-8(15)6-10-11(9)19-12(17-10)13(7-16)1-3-18-4-2-13/h5-6H,1-4,7,16H2. The van der Waals surface area contributed by atoms with Crippen molar-refractivity contribution in [3.05, 3.63) is 28.9 Å². The van der Waals surface area contributed by atoms with Gasteiger partial charge in [0.2, 0.25) is 5.89 Å². The number of fused-ring (bicyclic) bond motifs is 1. The summed E-state index contributed by atoms with van der Waals surface area (Å²) in [6, 6.07) is 2.54. The van der Waals surface area contributed by atoms with Crippen LogP contribution in [0.15, 0.2) is 16.5 Å². The van der Waals surface area contributed by atoms with E-state index in [4.69, 9.17) is 26.5 Å². The van der Waals surface area contributed by atoms with Gasteiger partial charge in [0.15, 0.2) is 5.58 Å². The molecule has 0 unspecified atom stereocenters. The van der Waals surface area contributed by atoms with Crippen molar-refractivity contribution in [3.8, 4) is 0 Å².